The van der Waals surface area contributed by atoms with E-state index in [-0.39, 0.29) is 17.9 Å². The summed E-state index contributed by atoms with van der Waals surface area (Å²) >= 11 is 0. The number of H-pyrrole nitrogens is 1. The van der Waals surface area contributed by atoms with Crippen molar-refractivity contribution in [3.63, 3.8) is 0 Å². The average Bonchev–Trinajstić information content (AvgIpc) is 3.23. The maximum absolute atomic E-state index is 12.8. The first kappa shape index (κ1) is 16.6. The largest absolute Gasteiger partial charge is 0.358 e. The molecular weight excluding hydrogens is 326 g/mol. The van der Waals surface area contributed by atoms with Crippen LogP contribution in [0.15, 0.2) is 41.6 Å². The van der Waals surface area contributed by atoms with E-state index in [2.05, 4.69) is 30.2 Å². The minimum atomic E-state index is -0.298. The Balaban J connectivity index is 1.79. The van der Waals surface area contributed by atoms with Crippen molar-refractivity contribution in [1.82, 2.24) is 15.2 Å². The first-order valence-corrected chi connectivity index (χ1v) is 9.11. The molecule has 2 aliphatic heterocycles. The maximum atomic E-state index is 12.8. The molecule has 2 aromatic rings. The molecule has 0 spiro atoms. The number of fused-ring (bicyclic) bond motifs is 2. The molecule has 2 aliphatic rings. The van der Waals surface area contributed by atoms with Crippen LogP contribution in [0.1, 0.15) is 37.9 Å². The number of allylic oxidation sites excluding steroid dienone is 2. The van der Waals surface area contributed by atoms with E-state index in [1.165, 1.54) is 5.57 Å². The Bertz CT molecular complexity index is 947. The number of benzene rings is 1. The van der Waals surface area contributed by atoms with Crippen molar-refractivity contribution in [2.24, 2.45) is 0 Å². The monoisotopic (exact) mass is 349 g/mol. The Kier molecular flexibility index (Phi) is 4.15. The lowest BCUT2D eigenvalue weighted by Gasteiger charge is -2.30. The third-order valence-electron chi connectivity index (χ3n) is 5.14. The molecule has 2 saturated heterocycles. The Hall–Kier alpha value is -2.82. The van der Waals surface area contributed by atoms with Gasteiger partial charge in [-0.2, -0.15) is 0 Å². The molecule has 26 heavy (non-hydrogen) atoms. The van der Waals surface area contributed by atoms with Crippen molar-refractivity contribution >= 4 is 28.8 Å². The van der Waals surface area contributed by atoms with E-state index in [9.17, 15) is 9.59 Å². The molecule has 1 aromatic heterocycles. The maximum Gasteiger partial charge on any atom is 0.271 e. The average molecular weight is 349 g/mol. The summed E-state index contributed by atoms with van der Waals surface area (Å²) in [4.78, 5) is 30.3. The zero-order valence-corrected chi connectivity index (χ0v) is 15.1. The molecule has 0 aliphatic carbocycles. The quantitative estimate of drug-likeness (QED) is 0.660. The highest BCUT2D eigenvalue weighted by atomic mass is 16.2. The number of aromatic nitrogens is 1. The zero-order chi connectivity index (χ0) is 18.3. The van der Waals surface area contributed by atoms with Crippen LogP contribution in [0.2, 0.25) is 0 Å². The van der Waals surface area contributed by atoms with Crippen LogP contribution in [0.25, 0.3) is 17.0 Å². The fourth-order valence-corrected chi connectivity index (χ4v) is 3.80. The van der Waals surface area contributed by atoms with E-state index >= 15 is 0 Å². The first-order chi connectivity index (χ1) is 12.5. The third-order valence-corrected chi connectivity index (χ3v) is 5.14. The number of nitrogens with zero attached hydrogens (tertiary/aromatic N) is 1. The van der Waals surface area contributed by atoms with Crippen LogP contribution in [0.4, 0.5) is 0 Å². The molecule has 0 unspecified atom stereocenters. The third kappa shape index (κ3) is 2.83. The number of nitrogens with one attached hydrogen (secondary N) is 2. The normalized spacial score (nSPS) is 21.2. The van der Waals surface area contributed by atoms with E-state index < -0.39 is 0 Å². The fourth-order valence-electron chi connectivity index (χ4n) is 3.80. The van der Waals surface area contributed by atoms with Crippen molar-refractivity contribution < 1.29 is 9.59 Å². The highest BCUT2D eigenvalue weighted by molar-refractivity contribution is 6.09. The highest BCUT2D eigenvalue weighted by Gasteiger charge is 2.40. The van der Waals surface area contributed by atoms with Crippen LogP contribution in [-0.4, -0.2) is 34.3 Å². The number of para-hydroxylation sites is 1. The predicted molar refractivity (Wildman–Crippen MR) is 102 cm³/mol. The molecule has 0 radical (unpaired) electrons. The number of rotatable bonds is 3. The molecule has 1 atom stereocenters. The van der Waals surface area contributed by atoms with Crippen molar-refractivity contribution in [2.75, 3.05) is 6.54 Å². The molecule has 2 amide bonds. The number of hydrogen-bond acceptors (Lipinski definition) is 2. The number of carbonyl (C=O) groups is 2. The standard InChI is InChI=1S/C21H23N3O2/c1-13(2)9-10-17-15(14-6-3-4-7-16(14)22-17)12-18-21(26)24-11-5-8-19(24)20(25)23-18/h3-4,6-7,9,12,19,22H,5,8,10-11H2,1-2H3,(H,23,25)/b18-12-/t19-/m0/s1. The summed E-state index contributed by atoms with van der Waals surface area (Å²) in [5.74, 6) is -0.149. The lowest BCUT2D eigenvalue weighted by molar-refractivity contribution is -0.140. The van der Waals surface area contributed by atoms with Gasteiger partial charge in [-0.05, 0) is 38.8 Å². The molecule has 4 rings (SSSR count). The number of hydrogen-bond donors (Lipinski definition) is 2. The molecule has 0 saturated carbocycles. The topological polar surface area (TPSA) is 65.2 Å². The van der Waals surface area contributed by atoms with Gasteiger partial charge in [-0.3, -0.25) is 9.59 Å². The summed E-state index contributed by atoms with van der Waals surface area (Å²) in [7, 11) is 0. The molecule has 2 fully saturated rings. The van der Waals surface area contributed by atoms with E-state index in [1.807, 2.05) is 30.3 Å². The first-order valence-electron chi connectivity index (χ1n) is 9.11. The SMILES string of the molecule is CC(C)=CCc1[nH]c2ccccc2c1/C=C1\NC(=O)[C@@H]2CCCN2C1=O. The Labute approximate surface area is 152 Å². The Morgan fingerprint density at radius 1 is 1.27 bits per heavy atom. The van der Waals surface area contributed by atoms with Gasteiger partial charge in [0.2, 0.25) is 5.91 Å². The van der Waals surface area contributed by atoms with Crippen molar-refractivity contribution in [1.29, 1.82) is 0 Å². The van der Waals surface area contributed by atoms with Gasteiger partial charge in [-0.25, -0.2) is 0 Å². The molecular formula is C21H23N3O2. The molecule has 2 N–H and O–H groups in total. The van der Waals surface area contributed by atoms with Gasteiger partial charge >= 0.3 is 0 Å². The minimum absolute atomic E-state index is 0.0703. The lowest BCUT2D eigenvalue weighted by Crippen LogP contribution is -2.53. The van der Waals surface area contributed by atoms with Crippen LogP contribution >= 0.6 is 0 Å². The summed E-state index contributed by atoms with van der Waals surface area (Å²) in [5.41, 5.74) is 4.66. The van der Waals surface area contributed by atoms with E-state index in [0.29, 0.717) is 12.2 Å². The molecule has 134 valence electrons. The van der Waals surface area contributed by atoms with Crippen molar-refractivity contribution in [3.8, 4) is 0 Å². The second kappa shape index (κ2) is 6.48. The van der Waals surface area contributed by atoms with Crippen LogP contribution in [0.3, 0.4) is 0 Å². The van der Waals surface area contributed by atoms with Gasteiger partial charge in [0.05, 0.1) is 0 Å². The molecule has 0 bridgehead atoms. The summed E-state index contributed by atoms with van der Waals surface area (Å²) < 4.78 is 0. The van der Waals surface area contributed by atoms with Crippen molar-refractivity contribution in [3.05, 3.63) is 52.9 Å². The van der Waals surface area contributed by atoms with E-state index in [4.69, 9.17) is 0 Å². The van der Waals surface area contributed by atoms with Crippen LogP contribution in [-0.2, 0) is 16.0 Å². The molecule has 1 aromatic carbocycles. The van der Waals surface area contributed by atoms with Gasteiger partial charge in [0.1, 0.15) is 11.7 Å². The fraction of sp³-hybridized carbons (Fsp3) is 0.333. The smallest absolute Gasteiger partial charge is 0.271 e. The second-order valence-corrected chi connectivity index (χ2v) is 7.25. The van der Waals surface area contributed by atoms with Crippen molar-refractivity contribution in [2.45, 2.75) is 39.2 Å². The molecule has 5 heteroatoms. The number of amides is 2. The van der Waals surface area contributed by atoms with Gasteiger partial charge in [0.15, 0.2) is 0 Å². The summed E-state index contributed by atoms with van der Waals surface area (Å²) in [6.07, 6.45) is 6.39. The molecule has 5 nitrogen and oxygen atoms in total. The highest BCUT2D eigenvalue weighted by Crippen LogP contribution is 2.28. The Morgan fingerprint density at radius 3 is 2.88 bits per heavy atom. The zero-order valence-electron chi connectivity index (χ0n) is 15.1. The lowest BCUT2D eigenvalue weighted by atomic mass is 10.0. The van der Waals surface area contributed by atoms with Gasteiger partial charge in [0.25, 0.3) is 5.91 Å². The minimum Gasteiger partial charge on any atom is -0.358 e. The summed E-state index contributed by atoms with van der Waals surface area (Å²) in [6, 6.07) is 7.75. The number of aromatic amines is 1. The summed E-state index contributed by atoms with van der Waals surface area (Å²) in [5, 5.41) is 3.89. The van der Waals surface area contributed by atoms with Crippen LogP contribution in [0, 0.1) is 0 Å². The van der Waals surface area contributed by atoms with Gasteiger partial charge in [0, 0.05) is 35.1 Å². The van der Waals surface area contributed by atoms with E-state index in [0.717, 1.165) is 41.4 Å². The van der Waals surface area contributed by atoms with Gasteiger partial charge in [-0.1, -0.05) is 29.8 Å². The van der Waals surface area contributed by atoms with E-state index in [1.54, 1.807) is 4.90 Å². The second-order valence-electron chi connectivity index (χ2n) is 7.25. The summed E-state index contributed by atoms with van der Waals surface area (Å²) in [6.45, 7) is 4.80. The Morgan fingerprint density at radius 2 is 2.08 bits per heavy atom. The predicted octanol–water partition coefficient (Wildman–Crippen LogP) is 3.14. The number of carbonyl (C=O) groups excluding carboxylic acids is 2. The van der Waals surface area contributed by atoms with Gasteiger partial charge < -0.3 is 15.2 Å². The van der Waals surface area contributed by atoms with Crippen LogP contribution in [0.5, 0.6) is 0 Å². The number of piperazine rings is 1. The van der Waals surface area contributed by atoms with Crippen LogP contribution < -0.4 is 5.32 Å². The molecule has 3 heterocycles. The van der Waals surface area contributed by atoms with Gasteiger partial charge in [-0.15, -0.1) is 0 Å².